The molecule has 0 aromatic carbocycles. The molecule has 2 rings (SSSR count). The monoisotopic (exact) mass is 318 g/mol. The van der Waals surface area contributed by atoms with Crippen LogP contribution in [0.5, 0.6) is 0 Å². The number of carbonyl (C=O) groups excluding carboxylic acids is 2. The molecular formula is C17H26N4O2. The maximum atomic E-state index is 12.1. The van der Waals surface area contributed by atoms with Crippen LogP contribution in [0.2, 0.25) is 0 Å². The Morgan fingerprint density at radius 1 is 1.35 bits per heavy atom. The highest BCUT2D eigenvalue weighted by molar-refractivity contribution is 5.78. The molecule has 0 saturated heterocycles. The molecule has 0 spiro atoms. The molecule has 6 heteroatoms. The minimum absolute atomic E-state index is 0.0117. The summed E-state index contributed by atoms with van der Waals surface area (Å²) in [6, 6.07) is 5.64. The number of hydrogen-bond donors (Lipinski definition) is 2. The zero-order chi connectivity index (χ0) is 16.7. The Labute approximate surface area is 137 Å². The van der Waals surface area contributed by atoms with E-state index in [1.165, 1.54) is 12.8 Å². The predicted octanol–water partition coefficient (Wildman–Crippen LogP) is 2.23. The van der Waals surface area contributed by atoms with E-state index in [-0.39, 0.29) is 18.0 Å². The molecule has 6 nitrogen and oxygen atoms in total. The van der Waals surface area contributed by atoms with E-state index in [4.69, 9.17) is 0 Å². The van der Waals surface area contributed by atoms with E-state index < -0.39 is 0 Å². The Balaban J connectivity index is 1.70. The van der Waals surface area contributed by atoms with Gasteiger partial charge in [0.25, 0.3) is 0 Å². The minimum Gasteiger partial charge on any atom is -0.353 e. The Hall–Kier alpha value is -2.11. The molecule has 0 aliphatic heterocycles. The lowest BCUT2D eigenvalue weighted by Gasteiger charge is -2.24. The molecule has 1 saturated carbocycles. The molecule has 1 fully saturated rings. The lowest BCUT2D eigenvalue weighted by atomic mass is 10.2. The largest absolute Gasteiger partial charge is 0.353 e. The quantitative estimate of drug-likeness (QED) is 0.844. The molecule has 3 amide bonds. The first kappa shape index (κ1) is 17.2. The van der Waals surface area contributed by atoms with Crippen LogP contribution in [0.3, 0.4) is 0 Å². The first-order valence-electron chi connectivity index (χ1n) is 8.29. The van der Waals surface area contributed by atoms with Gasteiger partial charge in [-0.3, -0.25) is 9.78 Å². The van der Waals surface area contributed by atoms with Gasteiger partial charge in [0.2, 0.25) is 5.91 Å². The van der Waals surface area contributed by atoms with E-state index in [9.17, 15) is 9.59 Å². The third-order valence-corrected chi connectivity index (χ3v) is 4.37. The van der Waals surface area contributed by atoms with Crippen molar-refractivity contribution in [1.82, 2.24) is 20.5 Å². The summed E-state index contributed by atoms with van der Waals surface area (Å²) >= 11 is 0. The second-order valence-corrected chi connectivity index (χ2v) is 6.07. The number of urea groups is 1. The Kier molecular flexibility index (Phi) is 6.38. The van der Waals surface area contributed by atoms with E-state index >= 15 is 0 Å². The molecular weight excluding hydrogens is 292 g/mol. The zero-order valence-electron chi connectivity index (χ0n) is 13.9. The highest BCUT2D eigenvalue weighted by Gasteiger charge is 2.19. The highest BCUT2D eigenvalue weighted by atomic mass is 16.2. The van der Waals surface area contributed by atoms with Crippen molar-refractivity contribution in [2.24, 2.45) is 0 Å². The Morgan fingerprint density at radius 3 is 2.74 bits per heavy atom. The molecule has 23 heavy (non-hydrogen) atoms. The van der Waals surface area contributed by atoms with Crippen molar-refractivity contribution in [2.75, 3.05) is 13.6 Å². The van der Waals surface area contributed by atoms with Crippen LogP contribution in [0, 0.1) is 0 Å². The summed E-state index contributed by atoms with van der Waals surface area (Å²) in [5, 5.41) is 5.80. The van der Waals surface area contributed by atoms with Gasteiger partial charge in [-0.05, 0) is 31.9 Å². The van der Waals surface area contributed by atoms with Crippen LogP contribution in [0.15, 0.2) is 24.4 Å². The zero-order valence-corrected chi connectivity index (χ0v) is 13.9. The van der Waals surface area contributed by atoms with E-state index in [1.54, 1.807) is 18.1 Å². The van der Waals surface area contributed by atoms with E-state index in [2.05, 4.69) is 15.6 Å². The van der Waals surface area contributed by atoms with Crippen molar-refractivity contribution in [1.29, 1.82) is 0 Å². The fourth-order valence-electron chi connectivity index (χ4n) is 2.78. The molecule has 1 aromatic heterocycles. The van der Waals surface area contributed by atoms with Crippen LogP contribution in [0.1, 0.15) is 50.8 Å². The van der Waals surface area contributed by atoms with Crippen LogP contribution < -0.4 is 10.6 Å². The van der Waals surface area contributed by atoms with Gasteiger partial charge < -0.3 is 15.5 Å². The van der Waals surface area contributed by atoms with Crippen LogP contribution in [-0.4, -0.2) is 41.5 Å². The number of nitrogens with zero attached hydrogens (tertiary/aromatic N) is 2. The lowest BCUT2D eigenvalue weighted by Crippen LogP contribution is -2.41. The SMILES string of the molecule is CC(c1ccccn1)N(C)C(=O)NCCC(=O)NC1CCCC1. The van der Waals surface area contributed by atoms with Crippen molar-refractivity contribution in [3.63, 3.8) is 0 Å². The third kappa shape index (κ3) is 5.23. The predicted molar refractivity (Wildman–Crippen MR) is 88.8 cm³/mol. The lowest BCUT2D eigenvalue weighted by molar-refractivity contribution is -0.121. The second kappa shape index (κ2) is 8.50. The summed E-state index contributed by atoms with van der Waals surface area (Å²) in [7, 11) is 1.73. The Bertz CT molecular complexity index is 515. The van der Waals surface area contributed by atoms with Crippen molar-refractivity contribution in [2.45, 2.75) is 51.1 Å². The van der Waals surface area contributed by atoms with E-state index in [1.807, 2.05) is 25.1 Å². The molecule has 1 atom stereocenters. The van der Waals surface area contributed by atoms with Gasteiger partial charge in [-0.2, -0.15) is 0 Å². The molecule has 1 aliphatic rings. The highest BCUT2D eigenvalue weighted by Crippen LogP contribution is 2.17. The fraction of sp³-hybridized carbons (Fsp3) is 0.588. The van der Waals surface area contributed by atoms with Gasteiger partial charge >= 0.3 is 6.03 Å². The van der Waals surface area contributed by atoms with Crippen LogP contribution in [-0.2, 0) is 4.79 Å². The molecule has 0 bridgehead atoms. The Morgan fingerprint density at radius 2 is 2.09 bits per heavy atom. The van der Waals surface area contributed by atoms with Gasteiger partial charge in [-0.1, -0.05) is 18.9 Å². The maximum Gasteiger partial charge on any atom is 0.317 e. The minimum atomic E-state index is -0.197. The topological polar surface area (TPSA) is 74.3 Å². The average Bonchev–Trinajstić information content (AvgIpc) is 3.07. The number of nitrogens with one attached hydrogen (secondary N) is 2. The van der Waals surface area contributed by atoms with Crippen molar-refractivity contribution < 1.29 is 9.59 Å². The molecule has 2 N–H and O–H groups in total. The number of hydrogen-bond acceptors (Lipinski definition) is 3. The molecule has 1 aliphatic carbocycles. The number of rotatable bonds is 6. The number of aromatic nitrogens is 1. The van der Waals surface area contributed by atoms with Gasteiger partial charge in [0, 0.05) is 32.3 Å². The van der Waals surface area contributed by atoms with Crippen LogP contribution in [0.4, 0.5) is 4.79 Å². The van der Waals surface area contributed by atoms with Gasteiger partial charge in [0.15, 0.2) is 0 Å². The third-order valence-electron chi connectivity index (χ3n) is 4.37. The second-order valence-electron chi connectivity index (χ2n) is 6.07. The first-order valence-corrected chi connectivity index (χ1v) is 8.29. The summed E-state index contributed by atoms with van der Waals surface area (Å²) in [6.07, 6.45) is 6.56. The van der Waals surface area contributed by atoms with E-state index in [0.29, 0.717) is 19.0 Å². The van der Waals surface area contributed by atoms with E-state index in [0.717, 1.165) is 18.5 Å². The summed E-state index contributed by atoms with van der Waals surface area (Å²) in [5.74, 6) is 0.0117. The standard InChI is InChI=1S/C17H26N4O2/c1-13(15-9-5-6-11-18-15)21(2)17(23)19-12-10-16(22)20-14-7-3-4-8-14/h5-6,9,11,13-14H,3-4,7-8,10,12H2,1-2H3,(H,19,23)(H,20,22). The summed E-state index contributed by atoms with van der Waals surface area (Å²) in [5.41, 5.74) is 0.837. The molecule has 1 unspecified atom stereocenters. The van der Waals surface area contributed by atoms with Gasteiger partial charge in [-0.25, -0.2) is 4.79 Å². The van der Waals surface area contributed by atoms with Gasteiger partial charge in [0.1, 0.15) is 0 Å². The van der Waals surface area contributed by atoms with Crippen molar-refractivity contribution in [3.8, 4) is 0 Å². The van der Waals surface area contributed by atoms with Crippen molar-refractivity contribution in [3.05, 3.63) is 30.1 Å². The van der Waals surface area contributed by atoms with Crippen LogP contribution >= 0.6 is 0 Å². The smallest absolute Gasteiger partial charge is 0.317 e. The van der Waals surface area contributed by atoms with Crippen LogP contribution in [0.25, 0.3) is 0 Å². The molecule has 126 valence electrons. The maximum absolute atomic E-state index is 12.1. The summed E-state index contributed by atoms with van der Waals surface area (Å²) in [6.45, 7) is 2.27. The fourth-order valence-corrected chi connectivity index (χ4v) is 2.78. The average molecular weight is 318 g/mol. The van der Waals surface area contributed by atoms with Gasteiger partial charge in [-0.15, -0.1) is 0 Å². The number of pyridine rings is 1. The summed E-state index contributed by atoms with van der Waals surface area (Å²) in [4.78, 5) is 29.8. The molecule has 1 aromatic rings. The number of amides is 3. The molecule has 0 radical (unpaired) electrons. The first-order chi connectivity index (χ1) is 11.1. The molecule has 1 heterocycles. The number of carbonyl (C=O) groups is 2. The normalized spacial score (nSPS) is 15.9. The summed E-state index contributed by atoms with van der Waals surface area (Å²) < 4.78 is 0. The van der Waals surface area contributed by atoms with Crippen molar-refractivity contribution >= 4 is 11.9 Å². The van der Waals surface area contributed by atoms with Gasteiger partial charge in [0.05, 0.1) is 11.7 Å².